The Morgan fingerprint density at radius 3 is 2.25 bits per heavy atom. The van der Waals surface area contributed by atoms with E-state index in [4.69, 9.17) is 0 Å². The fraction of sp³-hybridized carbons (Fsp3) is 0.667. The van der Waals surface area contributed by atoms with E-state index < -0.39 is 0 Å². The molecule has 0 aromatic heterocycles. The standard InChI is InChI=1S/C6H12N2/c1-5-4-7-6(2,3)8-5/h4,7-8H,1-3H3. The van der Waals surface area contributed by atoms with Gasteiger partial charge in [0, 0.05) is 11.9 Å². The van der Waals surface area contributed by atoms with Gasteiger partial charge in [-0.3, -0.25) is 0 Å². The molecule has 2 N–H and O–H groups in total. The first-order valence-corrected chi connectivity index (χ1v) is 2.83. The zero-order valence-electron chi connectivity index (χ0n) is 5.58. The first-order valence-electron chi connectivity index (χ1n) is 2.83. The van der Waals surface area contributed by atoms with Gasteiger partial charge in [0.2, 0.25) is 0 Å². The molecule has 1 aliphatic heterocycles. The molecular formula is C6H12N2. The predicted molar refractivity (Wildman–Crippen MR) is 34.1 cm³/mol. The molecule has 1 rings (SSSR count). The van der Waals surface area contributed by atoms with Crippen LogP contribution in [-0.4, -0.2) is 5.66 Å². The minimum absolute atomic E-state index is 0.0735. The molecule has 0 spiro atoms. The molecule has 0 saturated carbocycles. The highest BCUT2D eigenvalue weighted by Gasteiger charge is 2.18. The highest BCUT2D eigenvalue weighted by Crippen LogP contribution is 2.06. The SMILES string of the molecule is CC1=CNC(C)(C)N1. The maximum absolute atomic E-state index is 3.24. The molecule has 46 valence electrons. The maximum atomic E-state index is 3.24. The second-order valence-corrected chi connectivity index (χ2v) is 2.72. The van der Waals surface area contributed by atoms with Crippen molar-refractivity contribution < 1.29 is 0 Å². The van der Waals surface area contributed by atoms with Crippen molar-refractivity contribution in [2.24, 2.45) is 0 Å². The van der Waals surface area contributed by atoms with Crippen molar-refractivity contribution in [2.45, 2.75) is 26.4 Å². The van der Waals surface area contributed by atoms with Crippen LogP contribution >= 0.6 is 0 Å². The summed E-state index contributed by atoms with van der Waals surface area (Å²) in [6.45, 7) is 6.24. The lowest BCUT2D eigenvalue weighted by atomic mass is 10.3. The van der Waals surface area contributed by atoms with Crippen molar-refractivity contribution >= 4 is 0 Å². The lowest BCUT2D eigenvalue weighted by Gasteiger charge is -2.20. The van der Waals surface area contributed by atoms with Crippen LogP contribution in [0.25, 0.3) is 0 Å². The van der Waals surface area contributed by atoms with E-state index in [1.54, 1.807) is 0 Å². The molecule has 0 aromatic carbocycles. The first kappa shape index (κ1) is 5.48. The van der Waals surface area contributed by atoms with Gasteiger partial charge in [-0.1, -0.05) is 0 Å². The summed E-state index contributed by atoms with van der Waals surface area (Å²) in [7, 11) is 0. The monoisotopic (exact) mass is 112 g/mol. The van der Waals surface area contributed by atoms with E-state index in [1.165, 1.54) is 5.70 Å². The van der Waals surface area contributed by atoms with Gasteiger partial charge in [0.15, 0.2) is 0 Å². The molecule has 0 bridgehead atoms. The van der Waals surface area contributed by atoms with Crippen LogP contribution in [0.2, 0.25) is 0 Å². The van der Waals surface area contributed by atoms with Gasteiger partial charge >= 0.3 is 0 Å². The van der Waals surface area contributed by atoms with Crippen LogP contribution in [0.1, 0.15) is 20.8 Å². The molecule has 0 aromatic rings. The van der Waals surface area contributed by atoms with Crippen molar-refractivity contribution in [3.05, 3.63) is 11.9 Å². The van der Waals surface area contributed by atoms with Gasteiger partial charge in [0.1, 0.15) is 5.66 Å². The topological polar surface area (TPSA) is 24.1 Å². The van der Waals surface area contributed by atoms with E-state index >= 15 is 0 Å². The fourth-order valence-corrected chi connectivity index (χ4v) is 0.854. The van der Waals surface area contributed by atoms with Crippen molar-refractivity contribution in [1.82, 2.24) is 10.6 Å². The van der Waals surface area contributed by atoms with Gasteiger partial charge in [0.05, 0.1) is 0 Å². The summed E-state index contributed by atoms with van der Waals surface area (Å²) >= 11 is 0. The zero-order valence-corrected chi connectivity index (χ0v) is 5.58. The number of nitrogens with one attached hydrogen (secondary N) is 2. The summed E-state index contributed by atoms with van der Waals surface area (Å²) in [6.07, 6.45) is 1.99. The summed E-state index contributed by atoms with van der Waals surface area (Å²) in [5.74, 6) is 0. The second kappa shape index (κ2) is 1.41. The van der Waals surface area contributed by atoms with Gasteiger partial charge in [-0.25, -0.2) is 0 Å². The van der Waals surface area contributed by atoms with E-state index in [2.05, 4.69) is 24.5 Å². The third-order valence-corrected chi connectivity index (χ3v) is 1.16. The number of hydrogen-bond donors (Lipinski definition) is 2. The molecule has 0 amide bonds. The number of rotatable bonds is 0. The van der Waals surface area contributed by atoms with Crippen LogP contribution in [0.5, 0.6) is 0 Å². The summed E-state index contributed by atoms with van der Waals surface area (Å²) in [6, 6.07) is 0. The van der Waals surface area contributed by atoms with Crippen LogP contribution in [0.3, 0.4) is 0 Å². The second-order valence-electron chi connectivity index (χ2n) is 2.72. The van der Waals surface area contributed by atoms with Crippen LogP contribution in [-0.2, 0) is 0 Å². The first-order chi connectivity index (χ1) is 3.60. The Hall–Kier alpha value is -0.660. The normalized spacial score (nSPS) is 23.6. The van der Waals surface area contributed by atoms with Crippen molar-refractivity contribution in [2.75, 3.05) is 0 Å². The van der Waals surface area contributed by atoms with E-state index in [0.717, 1.165) is 0 Å². The maximum Gasteiger partial charge on any atom is 0.101 e. The summed E-state index contributed by atoms with van der Waals surface area (Å²) in [5, 5.41) is 6.42. The molecule has 2 heteroatoms. The summed E-state index contributed by atoms with van der Waals surface area (Å²) < 4.78 is 0. The zero-order chi connectivity index (χ0) is 6.20. The van der Waals surface area contributed by atoms with Gasteiger partial charge < -0.3 is 10.6 Å². The lowest BCUT2D eigenvalue weighted by Crippen LogP contribution is -2.42. The Morgan fingerprint density at radius 1 is 1.50 bits per heavy atom. The molecule has 2 nitrogen and oxygen atoms in total. The highest BCUT2D eigenvalue weighted by atomic mass is 15.2. The third-order valence-electron chi connectivity index (χ3n) is 1.16. The average molecular weight is 112 g/mol. The minimum atomic E-state index is 0.0735. The van der Waals surface area contributed by atoms with Crippen LogP contribution < -0.4 is 10.6 Å². The average Bonchev–Trinajstić information content (AvgIpc) is 1.82. The summed E-state index contributed by atoms with van der Waals surface area (Å²) in [5.41, 5.74) is 1.28. The van der Waals surface area contributed by atoms with E-state index in [-0.39, 0.29) is 5.66 Å². The number of hydrogen-bond acceptors (Lipinski definition) is 2. The Balaban J connectivity index is 2.55. The van der Waals surface area contributed by atoms with Crippen LogP contribution in [0, 0.1) is 0 Å². The quantitative estimate of drug-likeness (QED) is 0.484. The molecule has 1 heterocycles. The Morgan fingerprint density at radius 2 is 2.12 bits per heavy atom. The van der Waals surface area contributed by atoms with Gasteiger partial charge in [-0.2, -0.15) is 0 Å². The lowest BCUT2D eigenvalue weighted by molar-refractivity contribution is 0.417. The molecule has 0 unspecified atom stereocenters. The summed E-state index contributed by atoms with van der Waals surface area (Å²) in [4.78, 5) is 0. The molecule has 0 saturated heterocycles. The van der Waals surface area contributed by atoms with Crippen LogP contribution in [0.15, 0.2) is 11.9 Å². The van der Waals surface area contributed by atoms with E-state index in [1.807, 2.05) is 13.1 Å². The van der Waals surface area contributed by atoms with Crippen molar-refractivity contribution in [1.29, 1.82) is 0 Å². The molecule has 0 fully saturated rings. The predicted octanol–water partition coefficient (Wildman–Crippen LogP) is 0.777. The van der Waals surface area contributed by atoms with Gasteiger partial charge in [-0.05, 0) is 20.8 Å². The molecule has 8 heavy (non-hydrogen) atoms. The molecule has 1 aliphatic rings. The van der Waals surface area contributed by atoms with E-state index in [9.17, 15) is 0 Å². The van der Waals surface area contributed by atoms with Crippen molar-refractivity contribution in [3.63, 3.8) is 0 Å². The minimum Gasteiger partial charge on any atom is -0.368 e. The third kappa shape index (κ3) is 0.941. The molecular weight excluding hydrogens is 100 g/mol. The number of allylic oxidation sites excluding steroid dienone is 1. The van der Waals surface area contributed by atoms with Gasteiger partial charge in [0.25, 0.3) is 0 Å². The smallest absolute Gasteiger partial charge is 0.101 e. The Kier molecular flexibility index (Phi) is 0.962. The fourth-order valence-electron chi connectivity index (χ4n) is 0.854. The van der Waals surface area contributed by atoms with Gasteiger partial charge in [-0.15, -0.1) is 0 Å². The molecule has 0 atom stereocenters. The van der Waals surface area contributed by atoms with Crippen molar-refractivity contribution in [3.8, 4) is 0 Å². The Bertz CT molecular complexity index is 124. The van der Waals surface area contributed by atoms with E-state index in [0.29, 0.717) is 0 Å². The van der Waals surface area contributed by atoms with Crippen LogP contribution in [0.4, 0.5) is 0 Å². The molecule has 0 aliphatic carbocycles. The largest absolute Gasteiger partial charge is 0.368 e. The molecule has 0 radical (unpaired) electrons. The Labute approximate surface area is 50.0 Å². The highest BCUT2D eigenvalue weighted by molar-refractivity contribution is 5.07.